The first-order valence-corrected chi connectivity index (χ1v) is 10.0. The summed E-state index contributed by atoms with van der Waals surface area (Å²) in [5, 5.41) is 14.2. The summed E-state index contributed by atoms with van der Waals surface area (Å²) in [5.41, 5.74) is 2.18. The van der Waals surface area contributed by atoms with E-state index in [0.717, 1.165) is 11.1 Å². The van der Waals surface area contributed by atoms with E-state index in [0.29, 0.717) is 12.1 Å². The van der Waals surface area contributed by atoms with Crippen molar-refractivity contribution in [1.82, 2.24) is 10.2 Å². The van der Waals surface area contributed by atoms with Crippen LogP contribution in [0.5, 0.6) is 0 Å². The number of amides is 2. The van der Waals surface area contributed by atoms with Crippen LogP contribution in [0.1, 0.15) is 37.5 Å². The molecule has 0 unspecified atom stereocenters. The summed E-state index contributed by atoms with van der Waals surface area (Å²) < 4.78 is 0. The van der Waals surface area contributed by atoms with Crippen molar-refractivity contribution >= 4 is 17.5 Å². The molecule has 0 saturated heterocycles. The number of nitrogens with zero attached hydrogens (tertiary/aromatic N) is 2. The quantitative estimate of drug-likeness (QED) is 0.504. The first-order valence-electron chi connectivity index (χ1n) is 10.0. The Balaban J connectivity index is 2.28. The van der Waals surface area contributed by atoms with Gasteiger partial charge < -0.3 is 10.2 Å². The maximum atomic E-state index is 13.2. The minimum atomic E-state index is -0.709. The monoisotopic (exact) mass is 411 g/mol. The lowest BCUT2D eigenvalue weighted by Gasteiger charge is -2.29. The van der Waals surface area contributed by atoms with Gasteiger partial charge in [-0.1, -0.05) is 61.9 Å². The molecule has 160 valence electrons. The highest BCUT2D eigenvalue weighted by atomic mass is 16.6. The van der Waals surface area contributed by atoms with Gasteiger partial charge >= 0.3 is 0 Å². The number of carbonyl (C=O) groups is 2. The van der Waals surface area contributed by atoms with Gasteiger partial charge in [0.15, 0.2) is 0 Å². The minimum Gasteiger partial charge on any atom is -0.354 e. The molecule has 2 aromatic carbocycles. The predicted molar refractivity (Wildman–Crippen MR) is 116 cm³/mol. The van der Waals surface area contributed by atoms with Gasteiger partial charge in [-0.2, -0.15) is 0 Å². The third kappa shape index (κ3) is 6.40. The lowest BCUT2D eigenvalue weighted by Crippen LogP contribution is -2.48. The van der Waals surface area contributed by atoms with Gasteiger partial charge in [0.25, 0.3) is 5.69 Å². The zero-order valence-electron chi connectivity index (χ0n) is 17.9. The molecule has 0 aromatic heterocycles. The summed E-state index contributed by atoms with van der Waals surface area (Å²) in [5.74, 6) is -0.292. The molecule has 0 saturated carbocycles. The molecule has 0 aliphatic rings. The second-order valence-electron chi connectivity index (χ2n) is 7.89. The third-order valence-corrected chi connectivity index (χ3v) is 4.82. The molecule has 0 aliphatic heterocycles. The Morgan fingerprint density at radius 3 is 2.43 bits per heavy atom. The molecule has 7 heteroatoms. The maximum Gasteiger partial charge on any atom is 0.273 e. The molecule has 0 fully saturated rings. The van der Waals surface area contributed by atoms with Crippen molar-refractivity contribution in [3.63, 3.8) is 0 Å². The van der Waals surface area contributed by atoms with Crippen molar-refractivity contribution in [2.75, 3.05) is 6.54 Å². The number of benzene rings is 2. The van der Waals surface area contributed by atoms with Crippen LogP contribution in [0.4, 0.5) is 5.69 Å². The molecule has 30 heavy (non-hydrogen) atoms. The molecule has 0 aliphatic carbocycles. The number of para-hydroxylation sites is 1. The van der Waals surface area contributed by atoms with E-state index in [4.69, 9.17) is 0 Å². The Bertz CT molecular complexity index is 911. The Labute approximate surface area is 177 Å². The number of nitrogens with one attached hydrogen (secondary N) is 1. The highest BCUT2D eigenvalue weighted by Crippen LogP contribution is 2.20. The zero-order chi connectivity index (χ0) is 22.3. The van der Waals surface area contributed by atoms with E-state index < -0.39 is 11.0 Å². The van der Waals surface area contributed by atoms with E-state index in [-0.39, 0.29) is 36.4 Å². The number of hydrogen-bond acceptors (Lipinski definition) is 4. The van der Waals surface area contributed by atoms with Crippen molar-refractivity contribution < 1.29 is 14.5 Å². The number of nitro benzene ring substituents is 1. The summed E-state index contributed by atoms with van der Waals surface area (Å²) in [6.45, 7) is 8.39. The fourth-order valence-corrected chi connectivity index (χ4v) is 3.15. The van der Waals surface area contributed by atoms with E-state index in [1.54, 1.807) is 25.1 Å². The lowest BCUT2D eigenvalue weighted by atomic mass is 10.1. The van der Waals surface area contributed by atoms with Crippen molar-refractivity contribution in [3.05, 3.63) is 75.3 Å². The van der Waals surface area contributed by atoms with E-state index in [1.807, 2.05) is 45.0 Å². The standard InChI is InChI=1S/C23H29N3O4/c1-16(2)14-24-23(28)18(4)25(15-19-9-7-8-17(3)12-19)22(27)13-20-10-5-6-11-21(20)26(29)30/h5-12,16,18H,13-15H2,1-4H3,(H,24,28)/t18-/m1/s1. The molecule has 2 rings (SSSR count). The highest BCUT2D eigenvalue weighted by Gasteiger charge is 2.28. The van der Waals surface area contributed by atoms with E-state index in [9.17, 15) is 19.7 Å². The van der Waals surface area contributed by atoms with Crippen LogP contribution in [0, 0.1) is 23.0 Å². The molecule has 0 bridgehead atoms. The van der Waals surface area contributed by atoms with Crippen LogP contribution >= 0.6 is 0 Å². The van der Waals surface area contributed by atoms with Crippen molar-refractivity contribution in [2.24, 2.45) is 5.92 Å². The predicted octanol–water partition coefficient (Wildman–Crippen LogP) is 3.64. The Morgan fingerprint density at radius 1 is 1.10 bits per heavy atom. The smallest absolute Gasteiger partial charge is 0.273 e. The normalized spacial score (nSPS) is 11.8. The second-order valence-corrected chi connectivity index (χ2v) is 7.89. The van der Waals surface area contributed by atoms with Crippen LogP contribution in [0.25, 0.3) is 0 Å². The molecule has 0 spiro atoms. The first-order chi connectivity index (χ1) is 14.2. The fraction of sp³-hybridized carbons (Fsp3) is 0.391. The largest absolute Gasteiger partial charge is 0.354 e. The second kappa shape index (κ2) is 10.5. The molecule has 1 N–H and O–H groups in total. The Morgan fingerprint density at radius 2 is 1.80 bits per heavy atom. The number of carbonyl (C=O) groups excluding carboxylic acids is 2. The lowest BCUT2D eigenvalue weighted by molar-refractivity contribution is -0.385. The number of nitro groups is 1. The molecular formula is C23H29N3O4. The van der Waals surface area contributed by atoms with Gasteiger partial charge in [0.1, 0.15) is 6.04 Å². The Hall–Kier alpha value is -3.22. The van der Waals surface area contributed by atoms with E-state index in [2.05, 4.69) is 5.32 Å². The van der Waals surface area contributed by atoms with Gasteiger partial charge in [-0.25, -0.2) is 0 Å². The average Bonchev–Trinajstić information content (AvgIpc) is 2.69. The molecule has 0 heterocycles. The summed E-state index contributed by atoms with van der Waals surface area (Å²) in [6, 6.07) is 13.2. The van der Waals surface area contributed by atoms with Crippen LogP contribution in [0.15, 0.2) is 48.5 Å². The summed E-state index contributed by atoms with van der Waals surface area (Å²) in [6.07, 6.45) is -0.148. The summed E-state index contributed by atoms with van der Waals surface area (Å²) in [7, 11) is 0. The third-order valence-electron chi connectivity index (χ3n) is 4.82. The number of hydrogen-bond donors (Lipinski definition) is 1. The highest BCUT2D eigenvalue weighted by molar-refractivity contribution is 5.88. The maximum absolute atomic E-state index is 13.2. The van der Waals surface area contributed by atoms with Crippen LogP contribution in [0.3, 0.4) is 0 Å². The summed E-state index contributed by atoms with van der Waals surface area (Å²) in [4.78, 5) is 38.2. The van der Waals surface area contributed by atoms with Gasteiger partial charge in [-0.3, -0.25) is 19.7 Å². The van der Waals surface area contributed by atoms with E-state index >= 15 is 0 Å². The molecular weight excluding hydrogens is 382 g/mol. The minimum absolute atomic E-state index is 0.0988. The topological polar surface area (TPSA) is 92.6 Å². The number of rotatable bonds is 9. The van der Waals surface area contributed by atoms with Gasteiger partial charge in [0.05, 0.1) is 11.3 Å². The van der Waals surface area contributed by atoms with Crippen LogP contribution < -0.4 is 5.32 Å². The van der Waals surface area contributed by atoms with Gasteiger partial charge in [0, 0.05) is 24.7 Å². The van der Waals surface area contributed by atoms with Crippen LogP contribution in [-0.4, -0.2) is 34.2 Å². The van der Waals surface area contributed by atoms with Crippen LogP contribution in [0.2, 0.25) is 0 Å². The van der Waals surface area contributed by atoms with Crippen molar-refractivity contribution in [3.8, 4) is 0 Å². The Kier molecular flexibility index (Phi) is 8.09. The zero-order valence-corrected chi connectivity index (χ0v) is 17.9. The van der Waals surface area contributed by atoms with Crippen LogP contribution in [-0.2, 0) is 22.6 Å². The fourth-order valence-electron chi connectivity index (χ4n) is 3.15. The van der Waals surface area contributed by atoms with Crippen molar-refractivity contribution in [2.45, 2.75) is 46.7 Å². The van der Waals surface area contributed by atoms with Gasteiger partial charge in [-0.05, 0) is 25.3 Å². The van der Waals surface area contributed by atoms with Gasteiger partial charge in [-0.15, -0.1) is 0 Å². The number of aryl methyl sites for hydroxylation is 1. The molecule has 2 amide bonds. The average molecular weight is 412 g/mol. The summed E-state index contributed by atoms with van der Waals surface area (Å²) >= 11 is 0. The first kappa shape index (κ1) is 23.1. The molecule has 0 radical (unpaired) electrons. The van der Waals surface area contributed by atoms with Crippen molar-refractivity contribution in [1.29, 1.82) is 0 Å². The molecule has 1 atom stereocenters. The molecule has 2 aromatic rings. The SMILES string of the molecule is Cc1cccc(CN(C(=O)Cc2ccccc2[N+](=O)[O-])[C@H](C)C(=O)NCC(C)C)c1. The van der Waals surface area contributed by atoms with E-state index in [1.165, 1.54) is 11.0 Å². The molecule has 7 nitrogen and oxygen atoms in total. The van der Waals surface area contributed by atoms with Gasteiger partial charge in [0.2, 0.25) is 11.8 Å².